The Bertz CT molecular complexity index is 801. The van der Waals surface area contributed by atoms with Crippen LogP contribution in [0.25, 0.3) is 0 Å². The molecule has 2 aliphatic carbocycles. The molecule has 27 heavy (non-hydrogen) atoms. The predicted molar refractivity (Wildman–Crippen MR) is 106 cm³/mol. The molecule has 0 unspecified atom stereocenters. The van der Waals surface area contributed by atoms with Crippen LogP contribution in [0.2, 0.25) is 5.02 Å². The van der Waals surface area contributed by atoms with Crippen molar-refractivity contribution in [1.29, 1.82) is 0 Å². The van der Waals surface area contributed by atoms with Crippen molar-refractivity contribution >= 4 is 17.5 Å². The van der Waals surface area contributed by atoms with Crippen LogP contribution in [-0.4, -0.2) is 39.6 Å². The van der Waals surface area contributed by atoms with Gasteiger partial charge in [0.2, 0.25) is 0 Å². The highest BCUT2D eigenvalue weighted by atomic mass is 35.5. The molecule has 0 saturated heterocycles. The summed E-state index contributed by atoms with van der Waals surface area (Å²) in [6.07, 6.45) is 7.59. The molecular formula is C21H25ClN4O. The summed E-state index contributed by atoms with van der Waals surface area (Å²) in [6, 6.07) is 12.2. The molecule has 0 radical (unpaired) electrons. The van der Waals surface area contributed by atoms with Crippen LogP contribution in [-0.2, 0) is 5.41 Å². The van der Waals surface area contributed by atoms with Gasteiger partial charge in [-0.05, 0) is 68.4 Å². The Morgan fingerprint density at radius 3 is 2.48 bits per heavy atom. The van der Waals surface area contributed by atoms with Crippen LogP contribution < -0.4 is 5.73 Å². The SMILES string of the molecule is NC[C@]1(c2cccc(Cl)c2)CC[C@H](N(C(=O)c2cccnn2)C2CC2)CC1. The Morgan fingerprint density at radius 1 is 1.15 bits per heavy atom. The van der Waals surface area contributed by atoms with E-state index in [2.05, 4.69) is 21.2 Å². The second kappa shape index (κ2) is 7.56. The first kappa shape index (κ1) is 18.4. The number of halogens is 1. The maximum atomic E-state index is 13.1. The van der Waals surface area contributed by atoms with Gasteiger partial charge in [-0.3, -0.25) is 4.79 Å². The third-order valence-electron chi connectivity index (χ3n) is 6.10. The fourth-order valence-corrected chi connectivity index (χ4v) is 4.58. The van der Waals surface area contributed by atoms with E-state index in [9.17, 15) is 4.79 Å². The van der Waals surface area contributed by atoms with Gasteiger partial charge in [-0.1, -0.05) is 23.7 Å². The lowest BCUT2D eigenvalue weighted by molar-refractivity contribution is 0.0565. The van der Waals surface area contributed by atoms with E-state index in [1.807, 2.05) is 18.2 Å². The Hall–Kier alpha value is -1.98. The number of nitrogens with two attached hydrogens (primary N) is 1. The molecule has 2 aliphatic rings. The van der Waals surface area contributed by atoms with Crippen molar-refractivity contribution in [2.45, 2.75) is 56.0 Å². The molecule has 2 fully saturated rings. The molecule has 1 aromatic heterocycles. The van der Waals surface area contributed by atoms with Crippen LogP contribution in [0, 0.1) is 0 Å². The van der Waals surface area contributed by atoms with E-state index < -0.39 is 0 Å². The van der Waals surface area contributed by atoms with Crippen molar-refractivity contribution < 1.29 is 4.79 Å². The molecule has 0 aliphatic heterocycles. The molecule has 5 nitrogen and oxygen atoms in total. The fraction of sp³-hybridized carbons (Fsp3) is 0.476. The molecule has 2 aromatic rings. The molecule has 0 atom stereocenters. The van der Waals surface area contributed by atoms with Gasteiger partial charge in [0, 0.05) is 35.3 Å². The second-order valence-electron chi connectivity index (χ2n) is 7.78. The highest BCUT2D eigenvalue weighted by Crippen LogP contribution is 2.43. The smallest absolute Gasteiger partial charge is 0.274 e. The lowest BCUT2D eigenvalue weighted by Crippen LogP contribution is -2.48. The third kappa shape index (κ3) is 3.71. The zero-order chi connectivity index (χ0) is 18.9. The number of benzene rings is 1. The molecule has 6 heteroatoms. The molecule has 1 aromatic carbocycles. The van der Waals surface area contributed by atoms with Crippen molar-refractivity contribution in [1.82, 2.24) is 15.1 Å². The lowest BCUT2D eigenvalue weighted by atomic mass is 9.68. The number of carbonyl (C=O) groups excluding carboxylic acids is 1. The van der Waals surface area contributed by atoms with Crippen molar-refractivity contribution in [3.8, 4) is 0 Å². The Morgan fingerprint density at radius 2 is 1.89 bits per heavy atom. The summed E-state index contributed by atoms with van der Waals surface area (Å²) in [6.45, 7) is 0.599. The minimum Gasteiger partial charge on any atom is -0.331 e. The summed E-state index contributed by atoms with van der Waals surface area (Å²) in [5.41, 5.74) is 7.83. The number of carbonyl (C=O) groups is 1. The number of aromatic nitrogens is 2. The Kier molecular flexibility index (Phi) is 5.15. The summed E-state index contributed by atoms with van der Waals surface area (Å²) in [7, 11) is 0. The van der Waals surface area contributed by atoms with Gasteiger partial charge in [0.1, 0.15) is 0 Å². The summed E-state index contributed by atoms with van der Waals surface area (Å²) in [5, 5.41) is 8.65. The number of hydrogen-bond acceptors (Lipinski definition) is 4. The van der Waals surface area contributed by atoms with Gasteiger partial charge < -0.3 is 10.6 Å². The Labute approximate surface area is 164 Å². The average molecular weight is 385 g/mol. The largest absolute Gasteiger partial charge is 0.331 e. The van der Waals surface area contributed by atoms with Gasteiger partial charge in [0.05, 0.1) is 0 Å². The van der Waals surface area contributed by atoms with E-state index in [0.29, 0.717) is 18.3 Å². The maximum Gasteiger partial charge on any atom is 0.274 e. The summed E-state index contributed by atoms with van der Waals surface area (Å²) in [5.74, 6) is 0.0126. The first-order valence-electron chi connectivity index (χ1n) is 9.69. The summed E-state index contributed by atoms with van der Waals surface area (Å²) < 4.78 is 0. The minimum atomic E-state index is -0.0494. The quantitative estimate of drug-likeness (QED) is 0.855. The minimum absolute atomic E-state index is 0.0126. The highest BCUT2D eigenvalue weighted by molar-refractivity contribution is 6.30. The molecule has 0 bridgehead atoms. The molecule has 0 spiro atoms. The zero-order valence-corrected chi connectivity index (χ0v) is 16.1. The van der Waals surface area contributed by atoms with Crippen molar-refractivity contribution in [2.24, 2.45) is 5.73 Å². The molecule has 1 amide bonds. The van der Waals surface area contributed by atoms with E-state index in [4.69, 9.17) is 17.3 Å². The molecule has 1 heterocycles. The molecule has 2 N–H and O–H groups in total. The lowest BCUT2D eigenvalue weighted by Gasteiger charge is -2.43. The van der Waals surface area contributed by atoms with Crippen LogP contribution >= 0.6 is 11.6 Å². The van der Waals surface area contributed by atoms with E-state index in [1.165, 1.54) is 5.56 Å². The summed E-state index contributed by atoms with van der Waals surface area (Å²) in [4.78, 5) is 15.1. The summed E-state index contributed by atoms with van der Waals surface area (Å²) >= 11 is 6.21. The van der Waals surface area contributed by atoms with Gasteiger partial charge in [0.25, 0.3) is 5.91 Å². The van der Waals surface area contributed by atoms with Crippen LogP contribution in [0.15, 0.2) is 42.6 Å². The first-order chi connectivity index (χ1) is 13.1. The maximum absolute atomic E-state index is 13.1. The fourth-order valence-electron chi connectivity index (χ4n) is 4.39. The topological polar surface area (TPSA) is 72.1 Å². The van der Waals surface area contributed by atoms with Crippen LogP contribution in [0.1, 0.15) is 54.6 Å². The van der Waals surface area contributed by atoms with Crippen molar-refractivity contribution in [2.75, 3.05) is 6.54 Å². The van der Waals surface area contributed by atoms with Gasteiger partial charge >= 0.3 is 0 Å². The van der Waals surface area contributed by atoms with E-state index in [1.54, 1.807) is 18.3 Å². The number of nitrogens with zero attached hydrogens (tertiary/aromatic N) is 3. The van der Waals surface area contributed by atoms with Gasteiger partial charge in [-0.15, -0.1) is 5.10 Å². The number of rotatable bonds is 5. The zero-order valence-electron chi connectivity index (χ0n) is 15.4. The van der Waals surface area contributed by atoms with Crippen LogP contribution in [0.3, 0.4) is 0 Å². The van der Waals surface area contributed by atoms with Gasteiger partial charge in [-0.25, -0.2) is 0 Å². The second-order valence-corrected chi connectivity index (χ2v) is 8.21. The van der Waals surface area contributed by atoms with E-state index in [-0.39, 0.29) is 17.4 Å². The van der Waals surface area contributed by atoms with Crippen LogP contribution in [0.4, 0.5) is 0 Å². The third-order valence-corrected chi connectivity index (χ3v) is 6.33. The molecular weight excluding hydrogens is 360 g/mol. The first-order valence-corrected chi connectivity index (χ1v) is 10.1. The number of amides is 1. The van der Waals surface area contributed by atoms with Gasteiger partial charge in [-0.2, -0.15) is 5.10 Å². The molecule has 2 saturated carbocycles. The standard InChI is InChI=1S/C21H25ClN4O/c22-16-4-1-3-15(13-16)21(14-23)10-8-18(9-11-21)26(17-6-7-17)20(27)19-5-2-12-24-25-19/h1-5,12-13,17-18H,6-11,14,23H2/t18-,21-. The van der Waals surface area contributed by atoms with E-state index >= 15 is 0 Å². The van der Waals surface area contributed by atoms with Crippen molar-refractivity contribution in [3.05, 3.63) is 58.9 Å². The molecule has 4 rings (SSSR count). The monoisotopic (exact) mass is 384 g/mol. The number of hydrogen-bond donors (Lipinski definition) is 1. The molecule has 142 valence electrons. The van der Waals surface area contributed by atoms with E-state index in [0.717, 1.165) is 43.5 Å². The Balaban J connectivity index is 1.52. The normalized spacial score (nSPS) is 25.2. The average Bonchev–Trinajstić information content (AvgIpc) is 3.54. The predicted octanol–water partition coefficient (Wildman–Crippen LogP) is 3.57. The highest BCUT2D eigenvalue weighted by Gasteiger charge is 2.43. The van der Waals surface area contributed by atoms with Crippen LogP contribution in [0.5, 0.6) is 0 Å². The van der Waals surface area contributed by atoms with Crippen molar-refractivity contribution in [3.63, 3.8) is 0 Å². The van der Waals surface area contributed by atoms with Gasteiger partial charge in [0.15, 0.2) is 5.69 Å².